The molecule has 2 amide bonds. The molecule has 0 spiro atoms. The maximum absolute atomic E-state index is 13.8. The number of anilines is 1. The number of carbonyl (C=O) groups is 2. The lowest BCUT2D eigenvalue weighted by atomic mass is 9.50. The minimum atomic E-state index is -4.68. The number of rotatable bonds is 8. The number of sulfonamides is 1. The first-order chi connectivity index (χ1) is 24.8. The lowest BCUT2D eigenvalue weighted by Crippen LogP contribution is -2.51. The number of carbonyl (C=O) groups excluding carboxylic acids is 2. The summed E-state index contributed by atoms with van der Waals surface area (Å²) in [6.07, 6.45) is 4.74. The van der Waals surface area contributed by atoms with E-state index in [0.717, 1.165) is 37.1 Å². The van der Waals surface area contributed by atoms with Gasteiger partial charge in [-0.1, -0.05) is 11.8 Å². The van der Waals surface area contributed by atoms with Crippen LogP contribution in [-0.4, -0.2) is 68.7 Å². The van der Waals surface area contributed by atoms with Crippen molar-refractivity contribution in [1.29, 1.82) is 0 Å². The predicted octanol–water partition coefficient (Wildman–Crippen LogP) is 6.14. The van der Waals surface area contributed by atoms with Gasteiger partial charge in [0.2, 0.25) is 10.0 Å². The minimum Gasteiger partial charge on any atom is -0.492 e. The van der Waals surface area contributed by atoms with Crippen molar-refractivity contribution < 1.29 is 35.9 Å². The SMILES string of the molecule is CCOc1cncc(C#Cc2cc(C(=O)N3CCN(c4ccc(C(=O)NS(=O)(=O)CC56CC7CC(CC(C7)C5)C6)cc4)CC3)cc(C(F)(F)F)c2)c1. The number of amides is 2. The van der Waals surface area contributed by atoms with Crippen LogP contribution in [0.2, 0.25) is 0 Å². The number of aromatic nitrogens is 1. The maximum Gasteiger partial charge on any atom is 0.416 e. The summed E-state index contributed by atoms with van der Waals surface area (Å²) in [4.78, 5) is 34.0. The van der Waals surface area contributed by atoms with Gasteiger partial charge in [-0.3, -0.25) is 14.6 Å². The molecule has 1 aromatic heterocycles. The van der Waals surface area contributed by atoms with Crippen molar-refractivity contribution in [3.63, 3.8) is 0 Å². The van der Waals surface area contributed by atoms with Crippen molar-refractivity contribution in [2.45, 2.75) is 51.6 Å². The summed E-state index contributed by atoms with van der Waals surface area (Å²) in [5.74, 6) is 6.66. The first kappa shape index (κ1) is 35.8. The Morgan fingerprint density at radius 3 is 2.13 bits per heavy atom. The Bertz CT molecular complexity index is 1980. The van der Waals surface area contributed by atoms with E-state index in [1.54, 1.807) is 30.3 Å². The van der Waals surface area contributed by atoms with Gasteiger partial charge in [-0.15, -0.1) is 0 Å². The van der Waals surface area contributed by atoms with Gasteiger partial charge in [-0.05, 0) is 117 Å². The molecule has 2 aromatic carbocycles. The Labute approximate surface area is 302 Å². The highest BCUT2D eigenvalue weighted by atomic mass is 32.2. The molecule has 0 radical (unpaired) electrons. The van der Waals surface area contributed by atoms with Crippen molar-refractivity contribution in [2.75, 3.05) is 43.4 Å². The van der Waals surface area contributed by atoms with Crippen LogP contribution in [0.25, 0.3) is 0 Å². The molecule has 0 unspecified atom stereocenters. The van der Waals surface area contributed by atoms with Gasteiger partial charge in [0, 0.05) is 60.3 Å². The normalized spacial score (nSPS) is 23.9. The molecule has 5 fully saturated rings. The van der Waals surface area contributed by atoms with Gasteiger partial charge in [-0.25, -0.2) is 13.1 Å². The molecule has 274 valence electrons. The van der Waals surface area contributed by atoms with Crippen molar-refractivity contribution in [1.82, 2.24) is 14.6 Å². The van der Waals surface area contributed by atoms with Crippen LogP contribution < -0.4 is 14.4 Å². The smallest absolute Gasteiger partial charge is 0.416 e. The average molecular weight is 735 g/mol. The molecule has 9 nitrogen and oxygen atoms in total. The van der Waals surface area contributed by atoms with Crippen LogP contribution >= 0.6 is 0 Å². The van der Waals surface area contributed by atoms with E-state index in [2.05, 4.69) is 21.5 Å². The van der Waals surface area contributed by atoms with Crippen LogP contribution in [0.3, 0.4) is 0 Å². The van der Waals surface area contributed by atoms with Gasteiger partial charge in [0.05, 0.1) is 24.1 Å². The van der Waals surface area contributed by atoms with E-state index in [1.807, 2.05) is 11.8 Å². The van der Waals surface area contributed by atoms with Gasteiger partial charge < -0.3 is 14.5 Å². The second-order valence-corrected chi connectivity index (χ2v) is 16.5. The lowest BCUT2D eigenvalue weighted by Gasteiger charge is -2.56. The summed E-state index contributed by atoms with van der Waals surface area (Å²) in [6.45, 7) is 3.58. The Kier molecular flexibility index (Phi) is 9.71. The van der Waals surface area contributed by atoms with Gasteiger partial charge in [-0.2, -0.15) is 13.2 Å². The summed E-state index contributed by atoms with van der Waals surface area (Å²) >= 11 is 0. The molecule has 4 bridgehead atoms. The minimum absolute atomic E-state index is 0.00728. The Morgan fingerprint density at radius 1 is 0.885 bits per heavy atom. The van der Waals surface area contributed by atoms with E-state index in [0.29, 0.717) is 48.8 Å². The second kappa shape index (κ2) is 14.1. The number of pyridine rings is 1. The standard InChI is InChI=1S/C39H41F3N4O5S/c1-2-51-35-18-27(23-43-24-35)4-3-26-16-32(19-33(17-26)39(40,41)42)37(48)46-11-9-45(10-12-46)34-7-5-31(6-8-34)36(47)44-52(49,50)25-38-20-28-13-29(21-38)15-30(14-28)22-38/h5-8,16-19,23-24,28-30H,2,9-15,20-22,25H2,1H3,(H,44,47). The fourth-order valence-electron chi connectivity index (χ4n) is 9.14. The first-order valence-corrected chi connectivity index (χ1v) is 19.4. The number of halogens is 3. The van der Waals surface area contributed by atoms with Crippen LogP contribution in [-0.2, 0) is 16.2 Å². The van der Waals surface area contributed by atoms with Crippen molar-refractivity contribution in [3.8, 4) is 17.6 Å². The Balaban J connectivity index is 0.968. The average Bonchev–Trinajstić information content (AvgIpc) is 3.09. The summed E-state index contributed by atoms with van der Waals surface area (Å²) in [6, 6.07) is 11.4. The summed E-state index contributed by atoms with van der Waals surface area (Å²) in [5, 5.41) is 0. The molecule has 5 aliphatic rings. The molecule has 0 atom stereocenters. The van der Waals surface area contributed by atoms with Crippen molar-refractivity contribution in [3.05, 3.63) is 88.7 Å². The highest BCUT2D eigenvalue weighted by molar-refractivity contribution is 7.90. The quantitative estimate of drug-likeness (QED) is 0.277. The molecule has 1 N–H and O–H groups in total. The van der Waals surface area contributed by atoms with Crippen LogP contribution in [0.1, 0.15) is 82.9 Å². The molecule has 1 saturated heterocycles. The first-order valence-electron chi connectivity index (χ1n) is 17.8. The Morgan fingerprint density at radius 2 is 1.52 bits per heavy atom. The number of nitrogens with one attached hydrogen (secondary N) is 1. The third kappa shape index (κ3) is 8.07. The Hall–Kier alpha value is -4.57. The zero-order valence-corrected chi connectivity index (χ0v) is 29.7. The van der Waals surface area contributed by atoms with Crippen molar-refractivity contribution in [2.24, 2.45) is 23.2 Å². The molecular formula is C39H41F3N4O5S. The fraction of sp³-hybridized carbons (Fsp3) is 0.462. The zero-order valence-electron chi connectivity index (χ0n) is 28.9. The third-order valence-electron chi connectivity index (χ3n) is 10.9. The monoisotopic (exact) mass is 734 g/mol. The van der Waals surface area contributed by atoms with Crippen LogP contribution in [0.15, 0.2) is 60.9 Å². The predicted molar refractivity (Wildman–Crippen MR) is 189 cm³/mol. The van der Waals surface area contributed by atoms with E-state index in [1.165, 1.54) is 42.6 Å². The van der Waals surface area contributed by atoms with E-state index in [9.17, 15) is 31.2 Å². The number of ether oxygens (including phenoxy) is 1. The second-order valence-electron chi connectivity index (χ2n) is 14.8. The number of hydrogen-bond donors (Lipinski definition) is 1. The van der Waals surface area contributed by atoms with E-state index < -0.39 is 33.6 Å². The number of hydrogen-bond acceptors (Lipinski definition) is 7. The molecule has 4 aliphatic carbocycles. The van der Waals surface area contributed by atoms with E-state index in [4.69, 9.17) is 4.74 Å². The van der Waals surface area contributed by atoms with Gasteiger partial charge in [0.1, 0.15) is 5.75 Å². The number of piperazine rings is 1. The molecular weight excluding hydrogens is 694 g/mol. The van der Waals surface area contributed by atoms with Crippen LogP contribution in [0.5, 0.6) is 5.75 Å². The zero-order chi connectivity index (χ0) is 36.7. The molecule has 3 aromatic rings. The number of nitrogens with zero attached hydrogens (tertiary/aromatic N) is 3. The topological polar surface area (TPSA) is 109 Å². The maximum atomic E-state index is 13.8. The van der Waals surface area contributed by atoms with Crippen LogP contribution in [0.4, 0.5) is 18.9 Å². The van der Waals surface area contributed by atoms with Crippen LogP contribution in [0, 0.1) is 35.0 Å². The third-order valence-corrected chi connectivity index (χ3v) is 12.3. The summed E-state index contributed by atoms with van der Waals surface area (Å²) in [5.41, 5.74) is 0.213. The fourth-order valence-corrected chi connectivity index (χ4v) is 10.8. The highest BCUT2D eigenvalue weighted by Crippen LogP contribution is 2.60. The largest absolute Gasteiger partial charge is 0.492 e. The molecule has 2 heterocycles. The summed E-state index contributed by atoms with van der Waals surface area (Å²) < 4.78 is 75.6. The van der Waals surface area contributed by atoms with E-state index >= 15 is 0 Å². The number of benzene rings is 2. The highest BCUT2D eigenvalue weighted by Gasteiger charge is 2.52. The lowest BCUT2D eigenvalue weighted by molar-refractivity contribution is -0.137. The molecule has 4 saturated carbocycles. The molecule has 52 heavy (non-hydrogen) atoms. The van der Waals surface area contributed by atoms with Gasteiger partial charge >= 0.3 is 6.18 Å². The molecule has 8 rings (SSSR count). The van der Waals surface area contributed by atoms with Crippen molar-refractivity contribution >= 4 is 27.5 Å². The van der Waals surface area contributed by atoms with Gasteiger partial charge in [0.15, 0.2) is 0 Å². The summed E-state index contributed by atoms with van der Waals surface area (Å²) in [7, 11) is -3.82. The number of alkyl halides is 3. The van der Waals surface area contributed by atoms with Gasteiger partial charge in [0.25, 0.3) is 11.8 Å². The molecule has 13 heteroatoms. The molecule has 1 aliphatic heterocycles. The van der Waals surface area contributed by atoms with E-state index in [-0.39, 0.29) is 40.9 Å².